The van der Waals surface area contributed by atoms with Crippen LogP contribution in [-0.2, 0) is 6.42 Å². The molecule has 0 fully saturated rings. The van der Waals surface area contributed by atoms with Crippen LogP contribution in [0.4, 0.5) is 10.2 Å². The molecule has 0 atom stereocenters. The van der Waals surface area contributed by atoms with E-state index in [0.717, 1.165) is 17.4 Å². The smallest absolute Gasteiger partial charge is 0.143 e. The Hall–Kier alpha value is -1.20. The number of hydrogen-bond donors (Lipinski definition) is 2. The zero-order valence-electron chi connectivity index (χ0n) is 8.72. The number of hydrazine groups is 1. The van der Waals surface area contributed by atoms with Crippen molar-refractivity contribution in [1.29, 1.82) is 0 Å². The van der Waals surface area contributed by atoms with Gasteiger partial charge in [0, 0.05) is 9.86 Å². The number of pyridine rings is 1. The van der Waals surface area contributed by atoms with Gasteiger partial charge in [-0.15, -0.1) is 0 Å². The summed E-state index contributed by atoms with van der Waals surface area (Å²) < 4.78 is 13.8. The van der Waals surface area contributed by atoms with Crippen molar-refractivity contribution >= 4 is 32.7 Å². The highest BCUT2D eigenvalue weighted by molar-refractivity contribution is 9.10. The maximum Gasteiger partial charge on any atom is 0.143 e. The molecule has 5 heteroatoms. The van der Waals surface area contributed by atoms with Gasteiger partial charge in [-0.25, -0.2) is 15.2 Å². The van der Waals surface area contributed by atoms with Crippen molar-refractivity contribution in [2.45, 2.75) is 13.3 Å². The van der Waals surface area contributed by atoms with Gasteiger partial charge in [-0.05, 0) is 46.1 Å². The SMILES string of the molecule is CCc1cc2cc(F)cc(Br)c2nc1NN. The van der Waals surface area contributed by atoms with Crippen molar-refractivity contribution in [2.24, 2.45) is 5.84 Å². The molecule has 0 aliphatic heterocycles. The lowest BCUT2D eigenvalue weighted by Crippen LogP contribution is -2.11. The largest absolute Gasteiger partial charge is 0.308 e. The fourth-order valence-corrected chi connectivity index (χ4v) is 2.18. The van der Waals surface area contributed by atoms with Crippen molar-refractivity contribution in [1.82, 2.24) is 4.98 Å². The van der Waals surface area contributed by atoms with Gasteiger partial charge >= 0.3 is 0 Å². The highest BCUT2D eigenvalue weighted by atomic mass is 79.9. The first-order valence-electron chi connectivity index (χ1n) is 4.91. The highest BCUT2D eigenvalue weighted by Gasteiger charge is 2.08. The van der Waals surface area contributed by atoms with E-state index in [1.54, 1.807) is 0 Å². The molecule has 0 radical (unpaired) electrons. The van der Waals surface area contributed by atoms with E-state index in [4.69, 9.17) is 5.84 Å². The third kappa shape index (κ3) is 1.88. The van der Waals surface area contributed by atoms with Crippen LogP contribution in [0.15, 0.2) is 22.7 Å². The van der Waals surface area contributed by atoms with Gasteiger partial charge in [-0.2, -0.15) is 0 Å². The summed E-state index contributed by atoms with van der Waals surface area (Å²) in [6.45, 7) is 2.00. The molecule has 0 spiro atoms. The van der Waals surface area contributed by atoms with E-state index in [1.807, 2.05) is 13.0 Å². The summed E-state index contributed by atoms with van der Waals surface area (Å²) in [7, 11) is 0. The van der Waals surface area contributed by atoms with E-state index in [0.29, 0.717) is 15.8 Å². The second kappa shape index (κ2) is 4.35. The Labute approximate surface area is 101 Å². The van der Waals surface area contributed by atoms with Crippen LogP contribution in [0.5, 0.6) is 0 Å². The molecule has 0 amide bonds. The summed E-state index contributed by atoms with van der Waals surface area (Å²) in [5, 5.41) is 0.766. The highest BCUT2D eigenvalue weighted by Crippen LogP contribution is 2.27. The molecule has 84 valence electrons. The van der Waals surface area contributed by atoms with Crippen molar-refractivity contribution in [3.63, 3.8) is 0 Å². The number of benzene rings is 1. The van der Waals surface area contributed by atoms with Crippen LogP contribution in [0.3, 0.4) is 0 Å². The molecule has 0 unspecified atom stereocenters. The molecule has 2 rings (SSSR count). The third-order valence-corrected chi connectivity index (χ3v) is 3.04. The lowest BCUT2D eigenvalue weighted by Gasteiger charge is -2.09. The summed E-state index contributed by atoms with van der Waals surface area (Å²) in [5.41, 5.74) is 4.22. The molecule has 0 bridgehead atoms. The molecule has 16 heavy (non-hydrogen) atoms. The Morgan fingerprint density at radius 1 is 1.44 bits per heavy atom. The van der Waals surface area contributed by atoms with E-state index in [9.17, 15) is 4.39 Å². The topological polar surface area (TPSA) is 50.9 Å². The van der Waals surface area contributed by atoms with E-state index in [2.05, 4.69) is 26.3 Å². The van der Waals surface area contributed by atoms with E-state index in [1.165, 1.54) is 12.1 Å². The van der Waals surface area contributed by atoms with Crippen molar-refractivity contribution < 1.29 is 4.39 Å². The predicted molar refractivity (Wildman–Crippen MR) is 66.6 cm³/mol. The van der Waals surface area contributed by atoms with Gasteiger partial charge in [0.2, 0.25) is 0 Å². The fourth-order valence-electron chi connectivity index (χ4n) is 1.65. The molecule has 0 saturated heterocycles. The normalized spacial score (nSPS) is 10.8. The molecule has 3 nitrogen and oxygen atoms in total. The quantitative estimate of drug-likeness (QED) is 0.658. The first kappa shape index (κ1) is 11.3. The van der Waals surface area contributed by atoms with Crippen molar-refractivity contribution in [3.8, 4) is 0 Å². The number of nitrogen functional groups attached to an aromatic ring is 1. The molecule has 1 aromatic carbocycles. The minimum Gasteiger partial charge on any atom is -0.308 e. The average molecular weight is 284 g/mol. The number of nitrogens with two attached hydrogens (primary N) is 1. The Morgan fingerprint density at radius 2 is 2.19 bits per heavy atom. The number of aryl methyl sites for hydroxylation is 1. The van der Waals surface area contributed by atoms with Crippen LogP contribution in [0, 0.1) is 5.82 Å². The lowest BCUT2D eigenvalue weighted by atomic mass is 10.1. The Balaban J connectivity index is 2.78. The molecular formula is C11H11BrFN3. The summed E-state index contributed by atoms with van der Waals surface area (Å²) in [5.74, 6) is 5.74. The molecule has 3 N–H and O–H groups in total. The average Bonchev–Trinajstić information content (AvgIpc) is 2.27. The van der Waals surface area contributed by atoms with Crippen LogP contribution >= 0.6 is 15.9 Å². The van der Waals surface area contributed by atoms with Crippen LogP contribution in [-0.4, -0.2) is 4.98 Å². The van der Waals surface area contributed by atoms with Crippen LogP contribution in [0.25, 0.3) is 10.9 Å². The Morgan fingerprint density at radius 3 is 2.81 bits per heavy atom. The maximum atomic E-state index is 13.2. The Kier molecular flexibility index (Phi) is 3.07. The standard InChI is InChI=1S/C11H11BrFN3/c1-2-6-3-7-4-8(13)5-9(12)10(7)15-11(6)16-14/h3-5H,2,14H2,1H3,(H,15,16). The number of hydrogen-bond acceptors (Lipinski definition) is 3. The van der Waals surface area contributed by atoms with Gasteiger partial charge in [0.25, 0.3) is 0 Å². The number of nitrogens with one attached hydrogen (secondary N) is 1. The minimum atomic E-state index is -0.281. The minimum absolute atomic E-state index is 0.281. The molecular weight excluding hydrogens is 273 g/mol. The zero-order chi connectivity index (χ0) is 11.7. The van der Waals surface area contributed by atoms with Gasteiger partial charge in [0.1, 0.15) is 11.6 Å². The Bertz CT molecular complexity index is 542. The van der Waals surface area contributed by atoms with E-state index in [-0.39, 0.29) is 5.82 Å². The molecule has 0 aliphatic rings. The van der Waals surface area contributed by atoms with Crippen molar-refractivity contribution in [3.05, 3.63) is 34.1 Å². The predicted octanol–water partition coefficient (Wildman–Crippen LogP) is 2.98. The number of anilines is 1. The number of aromatic nitrogens is 1. The summed E-state index contributed by atoms with van der Waals surface area (Å²) >= 11 is 3.29. The van der Waals surface area contributed by atoms with Gasteiger partial charge in [0.15, 0.2) is 0 Å². The van der Waals surface area contributed by atoms with E-state index < -0.39 is 0 Å². The third-order valence-electron chi connectivity index (χ3n) is 2.43. The first-order valence-corrected chi connectivity index (χ1v) is 5.70. The second-order valence-corrected chi connectivity index (χ2v) is 4.31. The molecule has 0 aliphatic carbocycles. The van der Waals surface area contributed by atoms with Gasteiger partial charge < -0.3 is 5.43 Å². The fraction of sp³-hybridized carbons (Fsp3) is 0.182. The summed E-state index contributed by atoms with van der Waals surface area (Å²) in [6, 6.07) is 4.75. The van der Waals surface area contributed by atoms with Gasteiger partial charge in [-0.1, -0.05) is 6.92 Å². The number of nitrogens with zero attached hydrogens (tertiary/aromatic N) is 1. The zero-order valence-corrected chi connectivity index (χ0v) is 10.3. The summed E-state index contributed by atoms with van der Waals surface area (Å²) in [6.07, 6.45) is 0.788. The van der Waals surface area contributed by atoms with Gasteiger partial charge in [0.05, 0.1) is 5.52 Å². The lowest BCUT2D eigenvalue weighted by molar-refractivity contribution is 0.629. The monoisotopic (exact) mass is 283 g/mol. The maximum absolute atomic E-state index is 13.2. The molecule has 1 heterocycles. The second-order valence-electron chi connectivity index (χ2n) is 3.45. The molecule has 1 aromatic heterocycles. The van der Waals surface area contributed by atoms with Gasteiger partial charge in [-0.3, -0.25) is 0 Å². The first-order chi connectivity index (χ1) is 7.65. The molecule has 2 aromatic rings. The number of rotatable bonds is 2. The molecule has 0 saturated carbocycles. The van der Waals surface area contributed by atoms with E-state index >= 15 is 0 Å². The summed E-state index contributed by atoms with van der Waals surface area (Å²) in [4.78, 5) is 4.36. The van der Waals surface area contributed by atoms with Crippen LogP contribution in [0.2, 0.25) is 0 Å². The van der Waals surface area contributed by atoms with Crippen molar-refractivity contribution in [2.75, 3.05) is 5.43 Å². The number of fused-ring (bicyclic) bond motifs is 1. The number of halogens is 2. The van der Waals surface area contributed by atoms with Crippen LogP contribution in [0.1, 0.15) is 12.5 Å². The van der Waals surface area contributed by atoms with Crippen LogP contribution < -0.4 is 11.3 Å².